The van der Waals surface area contributed by atoms with Gasteiger partial charge in [-0.3, -0.25) is 19.3 Å². The van der Waals surface area contributed by atoms with Crippen LogP contribution in [0.4, 0.5) is 4.79 Å². The van der Waals surface area contributed by atoms with Crippen LogP contribution in [-0.4, -0.2) is 79.1 Å². The number of nitrogens with one attached hydrogen (secondary N) is 1. The molecule has 1 aliphatic heterocycles. The summed E-state index contributed by atoms with van der Waals surface area (Å²) in [6, 6.07) is 18.4. The predicted octanol–water partition coefficient (Wildman–Crippen LogP) is 2.90. The van der Waals surface area contributed by atoms with Gasteiger partial charge in [-0.2, -0.15) is 0 Å². The van der Waals surface area contributed by atoms with Gasteiger partial charge in [0.25, 0.3) is 0 Å². The second-order valence-corrected chi connectivity index (χ2v) is 10.5. The zero-order valence-electron chi connectivity index (χ0n) is 22.9. The first kappa shape index (κ1) is 29.1. The lowest BCUT2D eigenvalue weighted by atomic mass is 10.1. The first-order chi connectivity index (χ1) is 19.3. The molecule has 1 saturated carbocycles. The van der Waals surface area contributed by atoms with Crippen molar-refractivity contribution in [1.29, 1.82) is 0 Å². The SMILES string of the molecule is CC1(C(=O)OCC2CN(C(=O)CCNC(=O)OCc3ccccc3)CCN2CC(=O)OCc2ccccc2)CC1. The van der Waals surface area contributed by atoms with E-state index in [9.17, 15) is 19.2 Å². The number of hydrogen-bond acceptors (Lipinski definition) is 8. The fourth-order valence-electron chi connectivity index (χ4n) is 4.38. The lowest BCUT2D eigenvalue weighted by Crippen LogP contribution is -2.58. The van der Waals surface area contributed by atoms with Gasteiger partial charge >= 0.3 is 18.0 Å². The Balaban J connectivity index is 1.24. The zero-order valence-corrected chi connectivity index (χ0v) is 22.9. The summed E-state index contributed by atoms with van der Waals surface area (Å²) in [5, 5.41) is 2.61. The summed E-state index contributed by atoms with van der Waals surface area (Å²) in [5.74, 6) is -0.770. The van der Waals surface area contributed by atoms with Gasteiger partial charge in [0.2, 0.25) is 5.91 Å². The zero-order chi connectivity index (χ0) is 28.4. The van der Waals surface area contributed by atoms with Gasteiger partial charge in [-0.1, -0.05) is 60.7 Å². The van der Waals surface area contributed by atoms with E-state index in [4.69, 9.17) is 14.2 Å². The van der Waals surface area contributed by atoms with E-state index in [-0.39, 0.29) is 63.2 Å². The highest BCUT2D eigenvalue weighted by molar-refractivity contribution is 5.79. The highest BCUT2D eigenvalue weighted by atomic mass is 16.6. The maximum atomic E-state index is 12.9. The topological polar surface area (TPSA) is 114 Å². The third-order valence-corrected chi connectivity index (χ3v) is 7.25. The second-order valence-electron chi connectivity index (χ2n) is 10.5. The smallest absolute Gasteiger partial charge is 0.407 e. The number of nitrogens with zero attached hydrogens (tertiary/aromatic N) is 2. The van der Waals surface area contributed by atoms with Crippen LogP contribution in [0.25, 0.3) is 0 Å². The van der Waals surface area contributed by atoms with Crippen molar-refractivity contribution in [1.82, 2.24) is 15.1 Å². The standard InChI is InChI=1S/C30H37N3O7/c1-30(13-14-30)28(36)39-22-25-18-33(17-16-32(25)19-27(35)38-20-23-8-4-2-5-9-23)26(34)12-15-31-29(37)40-21-24-10-6-3-7-11-24/h2-11,25H,12-22H2,1H3,(H,31,37). The molecule has 0 radical (unpaired) electrons. The van der Waals surface area contributed by atoms with Crippen molar-refractivity contribution in [3.8, 4) is 0 Å². The Morgan fingerprint density at radius 3 is 2.12 bits per heavy atom. The number of piperazine rings is 1. The van der Waals surface area contributed by atoms with Gasteiger partial charge in [0.05, 0.1) is 18.0 Å². The molecule has 2 amide bonds. The van der Waals surface area contributed by atoms with Crippen LogP contribution in [0.3, 0.4) is 0 Å². The quantitative estimate of drug-likeness (QED) is 0.316. The number of alkyl carbamates (subject to hydrolysis) is 1. The molecule has 0 spiro atoms. The second kappa shape index (κ2) is 13.9. The molecule has 2 aromatic rings. The third kappa shape index (κ3) is 8.81. The molecular formula is C30H37N3O7. The minimum atomic E-state index is -0.589. The van der Waals surface area contributed by atoms with E-state index in [0.29, 0.717) is 19.6 Å². The molecule has 1 unspecified atom stereocenters. The Kier molecular flexibility index (Phi) is 10.1. The van der Waals surface area contributed by atoms with Crippen molar-refractivity contribution in [3.63, 3.8) is 0 Å². The molecule has 1 heterocycles. The summed E-state index contributed by atoms with van der Waals surface area (Å²) in [5.41, 5.74) is 1.34. The summed E-state index contributed by atoms with van der Waals surface area (Å²) in [7, 11) is 0. The van der Waals surface area contributed by atoms with Crippen molar-refractivity contribution < 1.29 is 33.4 Å². The number of rotatable bonds is 12. The molecule has 0 aromatic heterocycles. The van der Waals surface area contributed by atoms with Crippen LogP contribution in [0.2, 0.25) is 0 Å². The summed E-state index contributed by atoms with van der Waals surface area (Å²) in [6.45, 7) is 3.58. The Hall–Kier alpha value is -3.92. The first-order valence-electron chi connectivity index (χ1n) is 13.7. The van der Waals surface area contributed by atoms with E-state index in [2.05, 4.69) is 5.32 Å². The summed E-state index contributed by atoms with van der Waals surface area (Å²) < 4.78 is 16.2. The number of hydrogen-bond donors (Lipinski definition) is 1. The minimum absolute atomic E-state index is 0.0309. The largest absolute Gasteiger partial charge is 0.464 e. The lowest BCUT2D eigenvalue weighted by molar-refractivity contribution is -0.154. The normalized spacial score (nSPS) is 17.9. The Bertz CT molecular complexity index is 1150. The van der Waals surface area contributed by atoms with Crippen molar-refractivity contribution in [2.75, 3.05) is 39.3 Å². The highest BCUT2D eigenvalue weighted by Gasteiger charge is 2.47. The van der Waals surface area contributed by atoms with Crippen molar-refractivity contribution in [2.24, 2.45) is 5.41 Å². The molecule has 4 rings (SSSR count). The monoisotopic (exact) mass is 551 g/mol. The van der Waals surface area contributed by atoms with Gasteiger partial charge in [0, 0.05) is 32.6 Å². The van der Waals surface area contributed by atoms with Crippen molar-refractivity contribution in [2.45, 2.75) is 45.4 Å². The van der Waals surface area contributed by atoms with Gasteiger partial charge in [-0.15, -0.1) is 0 Å². The number of carbonyl (C=O) groups excluding carboxylic acids is 4. The van der Waals surface area contributed by atoms with Gasteiger partial charge in [0.15, 0.2) is 0 Å². The van der Waals surface area contributed by atoms with E-state index in [1.54, 1.807) is 4.90 Å². The van der Waals surface area contributed by atoms with E-state index >= 15 is 0 Å². The van der Waals surface area contributed by atoms with Crippen LogP contribution >= 0.6 is 0 Å². The summed E-state index contributed by atoms with van der Waals surface area (Å²) in [4.78, 5) is 53.5. The predicted molar refractivity (Wildman–Crippen MR) is 146 cm³/mol. The van der Waals surface area contributed by atoms with E-state index < -0.39 is 11.5 Å². The molecule has 40 heavy (non-hydrogen) atoms. The Morgan fingerprint density at radius 1 is 0.875 bits per heavy atom. The van der Waals surface area contributed by atoms with Gasteiger partial charge < -0.3 is 24.4 Å². The van der Waals surface area contributed by atoms with Crippen LogP contribution in [0, 0.1) is 5.41 Å². The number of amides is 2. The molecule has 2 fully saturated rings. The molecule has 214 valence electrons. The molecule has 2 aromatic carbocycles. The van der Waals surface area contributed by atoms with Crippen LogP contribution in [0.1, 0.15) is 37.3 Å². The van der Waals surface area contributed by atoms with Crippen LogP contribution < -0.4 is 5.32 Å². The molecule has 10 nitrogen and oxygen atoms in total. The van der Waals surface area contributed by atoms with Gasteiger partial charge in [-0.05, 0) is 30.9 Å². The van der Waals surface area contributed by atoms with Crippen molar-refractivity contribution >= 4 is 23.9 Å². The van der Waals surface area contributed by atoms with Crippen molar-refractivity contribution in [3.05, 3.63) is 71.8 Å². The van der Waals surface area contributed by atoms with Crippen LogP contribution in [0.15, 0.2) is 60.7 Å². The molecule has 1 N–H and O–H groups in total. The molecule has 1 saturated heterocycles. The van der Waals surface area contributed by atoms with Gasteiger partial charge in [0.1, 0.15) is 19.8 Å². The summed E-state index contributed by atoms with van der Waals surface area (Å²) in [6.07, 6.45) is 1.12. The number of ether oxygens (including phenoxy) is 3. The molecule has 1 aliphatic carbocycles. The number of esters is 2. The maximum Gasteiger partial charge on any atom is 0.407 e. The molecule has 1 atom stereocenters. The fraction of sp³-hybridized carbons (Fsp3) is 0.467. The van der Waals surface area contributed by atoms with Crippen LogP contribution in [-0.2, 0) is 41.8 Å². The molecule has 10 heteroatoms. The average Bonchev–Trinajstić information content (AvgIpc) is 3.73. The molecular weight excluding hydrogens is 514 g/mol. The highest BCUT2D eigenvalue weighted by Crippen LogP contribution is 2.46. The molecule has 0 bridgehead atoms. The average molecular weight is 552 g/mol. The Labute approximate surface area is 234 Å². The van der Waals surface area contributed by atoms with Crippen LogP contribution in [0.5, 0.6) is 0 Å². The summed E-state index contributed by atoms with van der Waals surface area (Å²) >= 11 is 0. The van der Waals surface area contributed by atoms with E-state index in [1.807, 2.05) is 72.5 Å². The Morgan fingerprint density at radius 2 is 1.50 bits per heavy atom. The third-order valence-electron chi connectivity index (χ3n) is 7.25. The number of benzene rings is 2. The lowest BCUT2D eigenvalue weighted by Gasteiger charge is -2.40. The minimum Gasteiger partial charge on any atom is -0.464 e. The maximum absolute atomic E-state index is 12.9. The van der Waals surface area contributed by atoms with E-state index in [0.717, 1.165) is 24.0 Å². The van der Waals surface area contributed by atoms with Gasteiger partial charge in [-0.25, -0.2) is 4.79 Å². The van der Waals surface area contributed by atoms with E-state index in [1.165, 1.54) is 0 Å². The molecule has 2 aliphatic rings. The fourth-order valence-corrected chi connectivity index (χ4v) is 4.38. The first-order valence-corrected chi connectivity index (χ1v) is 13.7. The number of carbonyl (C=O) groups is 4.